The largest absolute Gasteiger partial charge is 0.496 e. The van der Waals surface area contributed by atoms with E-state index in [-0.39, 0.29) is 5.54 Å². The summed E-state index contributed by atoms with van der Waals surface area (Å²) in [7, 11) is 1.71. The fourth-order valence-corrected chi connectivity index (χ4v) is 3.67. The topological polar surface area (TPSA) is 35.2 Å². The Hall–Kier alpha value is -0.730. The number of unbranched alkanes of at least 4 members (excludes halogenated alkanes) is 1. The minimum atomic E-state index is -0.0966. The molecule has 0 radical (unpaired) electrons. The Bertz CT molecular complexity index is 453. The van der Waals surface area contributed by atoms with E-state index in [1.54, 1.807) is 7.11 Å². The Morgan fingerprint density at radius 3 is 2.67 bits per heavy atom. The molecule has 1 aromatic carbocycles. The Morgan fingerprint density at radius 1 is 1.33 bits per heavy atom. The molecule has 1 aliphatic carbocycles. The number of nitrogens with two attached hydrogens (primary N) is 1. The van der Waals surface area contributed by atoms with Crippen molar-refractivity contribution in [3.05, 3.63) is 28.8 Å². The monoisotopic (exact) mass is 309 g/mol. The maximum absolute atomic E-state index is 6.66. The number of ether oxygens (including phenoxy) is 1. The summed E-state index contributed by atoms with van der Waals surface area (Å²) in [6.45, 7) is 2.27. The van der Waals surface area contributed by atoms with Crippen LogP contribution in [0.15, 0.2) is 18.2 Å². The molecule has 2 rings (SSSR count). The van der Waals surface area contributed by atoms with Crippen molar-refractivity contribution in [2.45, 2.75) is 63.8 Å². The van der Waals surface area contributed by atoms with Crippen molar-refractivity contribution >= 4 is 11.6 Å². The molecule has 3 heteroatoms. The highest BCUT2D eigenvalue weighted by atomic mass is 35.5. The molecule has 0 saturated heterocycles. The second-order valence-corrected chi connectivity index (χ2v) is 7.02. The van der Waals surface area contributed by atoms with Gasteiger partial charge >= 0.3 is 0 Å². The predicted molar refractivity (Wildman–Crippen MR) is 90.1 cm³/mol. The van der Waals surface area contributed by atoms with Crippen LogP contribution in [0.1, 0.15) is 57.4 Å². The van der Waals surface area contributed by atoms with E-state index < -0.39 is 0 Å². The lowest BCUT2D eigenvalue weighted by Gasteiger charge is -2.37. The molecule has 1 aliphatic rings. The molecule has 21 heavy (non-hydrogen) atoms. The molecule has 0 spiro atoms. The maximum Gasteiger partial charge on any atom is 0.122 e. The van der Waals surface area contributed by atoms with Crippen molar-refractivity contribution in [2.24, 2.45) is 11.7 Å². The highest BCUT2D eigenvalue weighted by Crippen LogP contribution is 2.37. The Balaban J connectivity index is 1.98. The van der Waals surface area contributed by atoms with Crippen LogP contribution >= 0.6 is 11.6 Å². The lowest BCUT2D eigenvalue weighted by molar-refractivity contribution is 0.220. The summed E-state index contributed by atoms with van der Waals surface area (Å²) >= 11 is 6.12. The second-order valence-electron chi connectivity index (χ2n) is 6.58. The van der Waals surface area contributed by atoms with Gasteiger partial charge in [0.1, 0.15) is 5.75 Å². The highest BCUT2D eigenvalue weighted by molar-refractivity contribution is 6.30. The van der Waals surface area contributed by atoms with Crippen LogP contribution in [-0.4, -0.2) is 12.6 Å². The molecule has 0 unspecified atom stereocenters. The van der Waals surface area contributed by atoms with Gasteiger partial charge in [0.05, 0.1) is 7.11 Å². The quantitative estimate of drug-likeness (QED) is 0.805. The zero-order valence-electron chi connectivity index (χ0n) is 13.3. The van der Waals surface area contributed by atoms with Crippen LogP contribution in [0.25, 0.3) is 0 Å². The first-order valence-electron chi connectivity index (χ1n) is 8.17. The summed E-state index contributed by atoms with van der Waals surface area (Å²) in [4.78, 5) is 0. The lowest BCUT2D eigenvalue weighted by Crippen LogP contribution is -2.45. The lowest BCUT2D eigenvalue weighted by atomic mass is 9.73. The van der Waals surface area contributed by atoms with E-state index in [0.717, 1.165) is 41.5 Å². The van der Waals surface area contributed by atoms with Gasteiger partial charge in [-0.05, 0) is 61.8 Å². The highest BCUT2D eigenvalue weighted by Gasteiger charge is 2.32. The maximum atomic E-state index is 6.66. The number of hydrogen-bond acceptors (Lipinski definition) is 2. The first kappa shape index (κ1) is 16.6. The normalized spacial score (nSPS) is 25.8. The van der Waals surface area contributed by atoms with Gasteiger partial charge in [-0.2, -0.15) is 0 Å². The van der Waals surface area contributed by atoms with Gasteiger partial charge in [-0.1, -0.05) is 37.8 Å². The van der Waals surface area contributed by atoms with E-state index in [0.29, 0.717) is 0 Å². The number of benzene rings is 1. The van der Waals surface area contributed by atoms with Crippen LogP contribution in [0.2, 0.25) is 5.02 Å². The van der Waals surface area contributed by atoms with Gasteiger partial charge < -0.3 is 10.5 Å². The smallest absolute Gasteiger partial charge is 0.122 e. The third-order valence-corrected chi connectivity index (χ3v) is 5.09. The predicted octanol–water partition coefficient (Wildman–Crippen LogP) is 4.97. The van der Waals surface area contributed by atoms with E-state index in [2.05, 4.69) is 6.92 Å². The van der Waals surface area contributed by atoms with Crippen LogP contribution in [0, 0.1) is 5.92 Å². The van der Waals surface area contributed by atoms with Gasteiger partial charge in [-0.25, -0.2) is 0 Å². The summed E-state index contributed by atoms with van der Waals surface area (Å²) in [5, 5.41) is 0.756. The van der Waals surface area contributed by atoms with Crippen molar-refractivity contribution in [3.8, 4) is 5.75 Å². The molecule has 118 valence electrons. The van der Waals surface area contributed by atoms with Crippen molar-refractivity contribution < 1.29 is 4.74 Å². The molecule has 2 nitrogen and oxygen atoms in total. The third kappa shape index (κ3) is 4.62. The van der Waals surface area contributed by atoms with E-state index in [9.17, 15) is 0 Å². The summed E-state index contributed by atoms with van der Waals surface area (Å²) in [5.74, 6) is 1.78. The summed E-state index contributed by atoms with van der Waals surface area (Å²) < 4.78 is 5.45. The standard InChI is InChI=1S/C18H28ClNO/c1-3-4-5-14-8-10-18(20,11-9-14)13-15-12-16(19)6-7-17(15)21-2/h6-7,12,14H,3-5,8-11,13,20H2,1-2H3. The summed E-state index contributed by atoms with van der Waals surface area (Å²) in [6.07, 6.45) is 9.62. The molecule has 0 aliphatic heterocycles. The molecule has 2 N–H and O–H groups in total. The first-order valence-corrected chi connectivity index (χ1v) is 8.55. The molecule has 0 atom stereocenters. The molecule has 1 saturated carbocycles. The number of methoxy groups -OCH3 is 1. The van der Waals surface area contributed by atoms with E-state index >= 15 is 0 Å². The molecular formula is C18H28ClNO. The fraction of sp³-hybridized carbons (Fsp3) is 0.667. The number of rotatable bonds is 6. The van der Waals surface area contributed by atoms with Crippen molar-refractivity contribution in [2.75, 3.05) is 7.11 Å². The van der Waals surface area contributed by atoms with Crippen molar-refractivity contribution in [1.82, 2.24) is 0 Å². The first-order chi connectivity index (χ1) is 10.1. The van der Waals surface area contributed by atoms with Gasteiger partial charge in [0.25, 0.3) is 0 Å². The molecular weight excluding hydrogens is 282 g/mol. The molecule has 0 amide bonds. The van der Waals surface area contributed by atoms with E-state index in [1.165, 1.54) is 32.1 Å². The van der Waals surface area contributed by atoms with Crippen LogP contribution in [-0.2, 0) is 6.42 Å². The Morgan fingerprint density at radius 2 is 2.05 bits per heavy atom. The minimum absolute atomic E-state index is 0.0966. The van der Waals surface area contributed by atoms with Crippen LogP contribution in [0.3, 0.4) is 0 Å². The Kier molecular flexibility index (Phi) is 5.95. The SMILES string of the molecule is CCCCC1CCC(N)(Cc2cc(Cl)ccc2OC)CC1. The minimum Gasteiger partial charge on any atom is -0.496 e. The zero-order chi connectivity index (χ0) is 15.3. The van der Waals surface area contributed by atoms with Gasteiger partial charge in [0.15, 0.2) is 0 Å². The average molecular weight is 310 g/mol. The molecule has 1 fully saturated rings. The Labute approximate surface area is 134 Å². The van der Waals surface area contributed by atoms with Crippen LogP contribution in [0.5, 0.6) is 5.75 Å². The average Bonchev–Trinajstić information content (AvgIpc) is 2.47. The van der Waals surface area contributed by atoms with Crippen LogP contribution in [0.4, 0.5) is 0 Å². The molecule has 0 aromatic heterocycles. The van der Waals surface area contributed by atoms with Crippen molar-refractivity contribution in [3.63, 3.8) is 0 Å². The van der Waals surface area contributed by atoms with Crippen molar-refractivity contribution in [1.29, 1.82) is 0 Å². The summed E-state index contributed by atoms with van der Waals surface area (Å²) in [5.41, 5.74) is 7.70. The molecule has 0 heterocycles. The fourth-order valence-electron chi connectivity index (χ4n) is 3.48. The molecule has 0 bridgehead atoms. The second kappa shape index (κ2) is 7.51. The number of halogens is 1. The van der Waals surface area contributed by atoms with E-state index in [1.807, 2.05) is 18.2 Å². The van der Waals surface area contributed by atoms with Gasteiger partial charge in [-0.15, -0.1) is 0 Å². The van der Waals surface area contributed by atoms with Gasteiger partial charge in [0.2, 0.25) is 0 Å². The third-order valence-electron chi connectivity index (χ3n) is 4.85. The van der Waals surface area contributed by atoms with Gasteiger partial charge in [-0.3, -0.25) is 0 Å². The van der Waals surface area contributed by atoms with Crippen LogP contribution < -0.4 is 10.5 Å². The zero-order valence-corrected chi connectivity index (χ0v) is 14.1. The number of hydrogen-bond donors (Lipinski definition) is 1. The van der Waals surface area contributed by atoms with E-state index in [4.69, 9.17) is 22.1 Å². The van der Waals surface area contributed by atoms with Gasteiger partial charge in [0, 0.05) is 10.6 Å². The molecule has 1 aromatic rings. The summed E-state index contributed by atoms with van der Waals surface area (Å²) in [6, 6.07) is 5.81.